The summed E-state index contributed by atoms with van der Waals surface area (Å²) in [5.74, 6) is 4.03. The van der Waals surface area contributed by atoms with Crippen LogP contribution in [0.4, 0.5) is 0 Å². The van der Waals surface area contributed by atoms with E-state index in [2.05, 4.69) is 44.8 Å². The monoisotopic (exact) mass is 287 g/mol. The summed E-state index contributed by atoms with van der Waals surface area (Å²) in [6.45, 7) is 9.27. The van der Waals surface area contributed by atoms with E-state index in [1.54, 1.807) is 0 Å². The minimum absolute atomic E-state index is 0.00506. The van der Waals surface area contributed by atoms with E-state index >= 15 is 0 Å². The third kappa shape index (κ3) is 5.28. The number of aliphatic hydroxyl groups excluding tert-OH is 1. The Labute approximate surface area is 124 Å². The first-order chi connectivity index (χ1) is 9.04. The van der Waals surface area contributed by atoms with Gasteiger partial charge in [0.05, 0.1) is 6.61 Å². The first kappa shape index (κ1) is 17.3. The normalized spacial score (nSPS) is 29.1. The Kier molecular flexibility index (Phi) is 7.78. The molecule has 1 rings (SSSR count). The highest BCUT2D eigenvalue weighted by molar-refractivity contribution is 7.99. The van der Waals surface area contributed by atoms with Gasteiger partial charge in [0.25, 0.3) is 0 Å². The number of thioether (sulfide) groups is 1. The van der Waals surface area contributed by atoms with E-state index in [1.165, 1.54) is 37.2 Å². The van der Waals surface area contributed by atoms with Gasteiger partial charge in [0, 0.05) is 11.6 Å². The van der Waals surface area contributed by atoms with Crippen LogP contribution in [0.25, 0.3) is 0 Å². The number of hydrogen-bond donors (Lipinski definition) is 2. The van der Waals surface area contributed by atoms with E-state index < -0.39 is 0 Å². The fraction of sp³-hybridized carbons (Fsp3) is 1.00. The zero-order valence-corrected chi connectivity index (χ0v) is 14.1. The molecule has 2 N–H and O–H groups in total. The standard InChI is InChI=1S/C16H33NOS/c1-5-14(4)11-19-10-8-15-7-6-9-16(15,12-18)17-13(2)3/h13-15,17-18H,5-12H2,1-4H3. The molecule has 0 radical (unpaired) electrons. The Hall–Kier alpha value is 0.270. The summed E-state index contributed by atoms with van der Waals surface area (Å²) >= 11 is 2.09. The van der Waals surface area contributed by atoms with Crippen molar-refractivity contribution in [3.63, 3.8) is 0 Å². The predicted molar refractivity (Wildman–Crippen MR) is 86.8 cm³/mol. The molecule has 0 heterocycles. The lowest BCUT2D eigenvalue weighted by molar-refractivity contribution is 0.113. The van der Waals surface area contributed by atoms with Crippen molar-refractivity contribution in [1.82, 2.24) is 5.32 Å². The van der Waals surface area contributed by atoms with Crippen molar-refractivity contribution in [3.8, 4) is 0 Å². The molecule has 0 aliphatic heterocycles. The molecule has 0 aromatic heterocycles. The van der Waals surface area contributed by atoms with Gasteiger partial charge in [0.1, 0.15) is 0 Å². The first-order valence-corrected chi connectivity index (χ1v) is 9.15. The van der Waals surface area contributed by atoms with Crippen LogP contribution >= 0.6 is 11.8 Å². The minimum Gasteiger partial charge on any atom is -0.394 e. The topological polar surface area (TPSA) is 32.3 Å². The van der Waals surface area contributed by atoms with Gasteiger partial charge in [-0.3, -0.25) is 0 Å². The third-order valence-electron chi connectivity index (χ3n) is 4.53. The molecular weight excluding hydrogens is 254 g/mol. The highest BCUT2D eigenvalue weighted by Gasteiger charge is 2.41. The zero-order valence-electron chi connectivity index (χ0n) is 13.2. The van der Waals surface area contributed by atoms with Crippen LogP contribution in [-0.2, 0) is 0 Å². The maximum atomic E-state index is 9.85. The maximum Gasteiger partial charge on any atom is 0.0616 e. The smallest absolute Gasteiger partial charge is 0.0616 e. The van der Waals surface area contributed by atoms with E-state index in [-0.39, 0.29) is 5.54 Å². The van der Waals surface area contributed by atoms with Crippen molar-refractivity contribution >= 4 is 11.8 Å². The van der Waals surface area contributed by atoms with E-state index in [0.717, 1.165) is 12.3 Å². The number of aliphatic hydroxyl groups is 1. The molecule has 3 atom stereocenters. The molecule has 1 fully saturated rings. The molecule has 3 unspecified atom stereocenters. The van der Waals surface area contributed by atoms with Gasteiger partial charge < -0.3 is 10.4 Å². The Morgan fingerprint density at radius 1 is 1.37 bits per heavy atom. The Balaban J connectivity index is 2.38. The fourth-order valence-electron chi connectivity index (χ4n) is 3.21. The van der Waals surface area contributed by atoms with Crippen LogP contribution in [0.3, 0.4) is 0 Å². The second-order valence-corrected chi connectivity index (χ2v) is 7.73. The van der Waals surface area contributed by atoms with Crippen LogP contribution in [0.5, 0.6) is 0 Å². The van der Waals surface area contributed by atoms with Gasteiger partial charge in [0.15, 0.2) is 0 Å². The lowest BCUT2D eigenvalue weighted by Crippen LogP contribution is -2.54. The van der Waals surface area contributed by atoms with Crippen LogP contribution in [-0.4, -0.2) is 34.8 Å². The second-order valence-electron chi connectivity index (χ2n) is 6.58. The molecule has 0 spiro atoms. The molecule has 0 aromatic rings. The summed E-state index contributed by atoms with van der Waals surface area (Å²) < 4.78 is 0. The maximum absolute atomic E-state index is 9.85. The Morgan fingerprint density at radius 3 is 2.68 bits per heavy atom. The summed E-state index contributed by atoms with van der Waals surface area (Å²) in [6, 6.07) is 0.459. The van der Waals surface area contributed by atoms with Crippen LogP contribution in [0.2, 0.25) is 0 Å². The SMILES string of the molecule is CCC(C)CSCCC1CCCC1(CO)NC(C)C. The molecule has 1 aliphatic rings. The van der Waals surface area contributed by atoms with Crippen LogP contribution in [0.15, 0.2) is 0 Å². The summed E-state index contributed by atoms with van der Waals surface area (Å²) in [4.78, 5) is 0. The molecule has 0 aromatic carbocycles. The Morgan fingerprint density at radius 2 is 2.11 bits per heavy atom. The largest absolute Gasteiger partial charge is 0.394 e. The second kappa shape index (κ2) is 8.53. The van der Waals surface area contributed by atoms with Gasteiger partial charge in [0.2, 0.25) is 0 Å². The molecule has 1 saturated carbocycles. The zero-order chi connectivity index (χ0) is 14.3. The van der Waals surface area contributed by atoms with Gasteiger partial charge in [-0.1, -0.05) is 40.5 Å². The molecule has 0 saturated heterocycles. The van der Waals surface area contributed by atoms with Gasteiger partial charge >= 0.3 is 0 Å². The van der Waals surface area contributed by atoms with Gasteiger partial charge in [-0.2, -0.15) is 11.8 Å². The van der Waals surface area contributed by atoms with Gasteiger partial charge in [-0.25, -0.2) is 0 Å². The number of nitrogens with one attached hydrogen (secondary N) is 1. The number of rotatable bonds is 9. The van der Waals surface area contributed by atoms with Crippen LogP contribution in [0, 0.1) is 11.8 Å². The van der Waals surface area contributed by atoms with Gasteiger partial charge in [-0.05, 0) is 42.6 Å². The van der Waals surface area contributed by atoms with Crippen LogP contribution in [0.1, 0.15) is 59.8 Å². The first-order valence-electron chi connectivity index (χ1n) is 8.00. The van der Waals surface area contributed by atoms with Gasteiger partial charge in [-0.15, -0.1) is 0 Å². The molecular formula is C16H33NOS. The Bertz CT molecular complexity index is 247. The molecule has 1 aliphatic carbocycles. The minimum atomic E-state index is 0.00506. The van der Waals surface area contributed by atoms with Crippen molar-refractivity contribution in [2.75, 3.05) is 18.1 Å². The average molecular weight is 288 g/mol. The summed E-state index contributed by atoms with van der Waals surface area (Å²) in [6.07, 6.45) is 6.22. The van der Waals surface area contributed by atoms with Crippen molar-refractivity contribution in [3.05, 3.63) is 0 Å². The fourth-order valence-corrected chi connectivity index (χ4v) is 4.47. The molecule has 19 heavy (non-hydrogen) atoms. The molecule has 2 nitrogen and oxygen atoms in total. The average Bonchev–Trinajstić information content (AvgIpc) is 2.77. The lowest BCUT2D eigenvalue weighted by Gasteiger charge is -2.37. The highest BCUT2D eigenvalue weighted by Crippen LogP contribution is 2.38. The highest BCUT2D eigenvalue weighted by atomic mass is 32.2. The lowest BCUT2D eigenvalue weighted by atomic mass is 9.85. The van der Waals surface area contributed by atoms with E-state index in [0.29, 0.717) is 18.6 Å². The van der Waals surface area contributed by atoms with E-state index in [9.17, 15) is 5.11 Å². The number of hydrogen-bond acceptors (Lipinski definition) is 3. The third-order valence-corrected chi connectivity index (χ3v) is 5.85. The molecule has 0 amide bonds. The van der Waals surface area contributed by atoms with Crippen molar-refractivity contribution < 1.29 is 5.11 Å². The predicted octanol–water partition coefficient (Wildman–Crippen LogP) is 3.69. The summed E-state index contributed by atoms with van der Waals surface area (Å²) in [5.41, 5.74) is 0.00506. The van der Waals surface area contributed by atoms with Crippen molar-refractivity contribution in [1.29, 1.82) is 0 Å². The van der Waals surface area contributed by atoms with E-state index in [1.807, 2.05) is 0 Å². The van der Waals surface area contributed by atoms with Crippen molar-refractivity contribution in [2.45, 2.75) is 71.4 Å². The van der Waals surface area contributed by atoms with Crippen molar-refractivity contribution in [2.24, 2.45) is 11.8 Å². The van der Waals surface area contributed by atoms with Crippen LogP contribution < -0.4 is 5.32 Å². The quantitative estimate of drug-likeness (QED) is 0.634. The molecule has 114 valence electrons. The molecule has 3 heteroatoms. The van der Waals surface area contributed by atoms with E-state index in [4.69, 9.17) is 0 Å². The summed E-state index contributed by atoms with van der Waals surface area (Å²) in [7, 11) is 0. The molecule has 0 bridgehead atoms. The summed E-state index contributed by atoms with van der Waals surface area (Å²) in [5, 5.41) is 13.5.